The Kier molecular flexibility index (Phi) is 3.59. The minimum absolute atomic E-state index is 0.240. The smallest absolute Gasteiger partial charge is 0.0651 e. The van der Waals surface area contributed by atoms with Gasteiger partial charge in [0.1, 0.15) is 0 Å². The molecule has 4 heterocycles. The summed E-state index contributed by atoms with van der Waals surface area (Å²) in [5, 5.41) is 0. The van der Waals surface area contributed by atoms with Crippen LogP contribution in [0.25, 0.3) is 28.2 Å². The second-order valence-electron chi connectivity index (χ2n) is 8.79. The van der Waals surface area contributed by atoms with Gasteiger partial charge in [-0.2, -0.15) is 0 Å². The van der Waals surface area contributed by atoms with Gasteiger partial charge in [-0.25, -0.2) is 0 Å². The van der Waals surface area contributed by atoms with E-state index >= 15 is 0 Å². The third kappa shape index (κ3) is 2.26. The Hall–Kier alpha value is -0.420. The molecule has 0 spiro atoms. The van der Waals surface area contributed by atoms with Crippen molar-refractivity contribution in [1.29, 1.82) is 0 Å². The predicted molar refractivity (Wildman–Crippen MR) is 117 cm³/mol. The number of hydrogen-bond donors (Lipinski definition) is 0. The zero-order valence-corrected chi connectivity index (χ0v) is 18.9. The van der Waals surface area contributed by atoms with Crippen LogP contribution >= 0.6 is 45.3 Å². The molecular weight excluding hydrogens is 368 g/mol. The maximum Gasteiger partial charge on any atom is 0.0651 e. The van der Waals surface area contributed by atoms with E-state index in [1.165, 1.54) is 39.3 Å². The van der Waals surface area contributed by atoms with Crippen molar-refractivity contribution in [3.05, 3.63) is 20.9 Å². The fourth-order valence-electron chi connectivity index (χ4n) is 3.57. The molecule has 4 aromatic heterocycles. The lowest BCUT2D eigenvalue weighted by Crippen LogP contribution is -2.09. The van der Waals surface area contributed by atoms with Crippen LogP contribution in [0, 0.1) is 13.8 Å². The van der Waals surface area contributed by atoms with E-state index in [1.807, 2.05) is 45.3 Å². The second kappa shape index (κ2) is 5.06. The highest BCUT2D eigenvalue weighted by molar-refractivity contribution is 7.44. The molecule has 4 rings (SSSR count). The summed E-state index contributed by atoms with van der Waals surface area (Å²) in [4.78, 5) is 3.10. The summed E-state index contributed by atoms with van der Waals surface area (Å²) >= 11 is 8.10. The average Bonchev–Trinajstić information content (AvgIpc) is 3.09. The monoisotopic (exact) mass is 392 g/mol. The van der Waals surface area contributed by atoms with Crippen molar-refractivity contribution in [3.8, 4) is 0 Å². The van der Waals surface area contributed by atoms with Crippen molar-refractivity contribution in [1.82, 2.24) is 0 Å². The van der Waals surface area contributed by atoms with Crippen LogP contribution in [0.2, 0.25) is 0 Å². The van der Waals surface area contributed by atoms with E-state index in [0.717, 1.165) is 0 Å². The molecule has 0 aliphatic rings. The number of aryl methyl sites for hydroxylation is 2. The summed E-state index contributed by atoms with van der Waals surface area (Å²) in [5.74, 6) is 0. The Morgan fingerprint density at radius 3 is 1.04 bits per heavy atom. The maximum absolute atomic E-state index is 2.33. The van der Waals surface area contributed by atoms with E-state index in [-0.39, 0.29) is 10.8 Å². The summed E-state index contributed by atoms with van der Waals surface area (Å²) in [6.45, 7) is 18.6. The minimum atomic E-state index is 0.240. The summed E-state index contributed by atoms with van der Waals surface area (Å²) in [5.41, 5.74) is 3.50. The van der Waals surface area contributed by atoms with Crippen molar-refractivity contribution in [2.24, 2.45) is 0 Å². The van der Waals surface area contributed by atoms with Gasteiger partial charge in [0.15, 0.2) is 0 Å². The zero-order valence-electron chi connectivity index (χ0n) is 15.6. The SMILES string of the molecule is Cc1c(C(C)(C)C)sc2c1sc1c3sc(C(C)(C)C)c(C)c3sc21. The molecule has 0 atom stereocenters. The number of rotatable bonds is 0. The lowest BCUT2D eigenvalue weighted by Gasteiger charge is -2.17. The van der Waals surface area contributed by atoms with Crippen LogP contribution in [0.15, 0.2) is 0 Å². The molecule has 0 nitrogen and oxygen atoms in total. The first kappa shape index (κ1) is 17.0. The topological polar surface area (TPSA) is 0 Å². The molecule has 0 aliphatic heterocycles. The standard InChI is InChI=1S/C20H24S4/c1-9-11-13(23-17(9)19(3,4)5)15-16(21-11)14-12(22-15)10(2)18(24-14)20(6,7)8/h1-8H3. The van der Waals surface area contributed by atoms with E-state index in [1.54, 1.807) is 9.75 Å². The largest absolute Gasteiger partial charge is 0.137 e. The number of fused-ring (bicyclic) bond motifs is 5. The molecule has 0 bridgehead atoms. The minimum Gasteiger partial charge on any atom is -0.137 e. The summed E-state index contributed by atoms with van der Waals surface area (Å²) in [6, 6.07) is 0. The van der Waals surface area contributed by atoms with E-state index in [9.17, 15) is 0 Å². The van der Waals surface area contributed by atoms with Crippen LogP contribution < -0.4 is 0 Å². The van der Waals surface area contributed by atoms with E-state index in [4.69, 9.17) is 0 Å². The van der Waals surface area contributed by atoms with Crippen LogP contribution in [-0.2, 0) is 10.8 Å². The van der Waals surface area contributed by atoms with Gasteiger partial charge in [0.25, 0.3) is 0 Å². The Labute approximate surface area is 160 Å². The molecule has 4 aromatic rings. The molecule has 0 saturated heterocycles. The third-order valence-corrected chi connectivity index (χ3v) is 11.3. The average molecular weight is 393 g/mol. The zero-order chi connectivity index (χ0) is 17.6. The molecule has 0 saturated carbocycles. The normalized spacial score (nSPS) is 13.8. The van der Waals surface area contributed by atoms with Crippen LogP contribution in [0.1, 0.15) is 62.4 Å². The molecule has 0 radical (unpaired) electrons. The van der Waals surface area contributed by atoms with Crippen LogP contribution in [-0.4, -0.2) is 0 Å². The first-order chi connectivity index (χ1) is 11.0. The fraction of sp³-hybridized carbons (Fsp3) is 0.500. The van der Waals surface area contributed by atoms with Crippen LogP contribution in [0.3, 0.4) is 0 Å². The fourth-order valence-corrected chi connectivity index (χ4v) is 9.71. The molecular formula is C20H24S4. The van der Waals surface area contributed by atoms with E-state index in [0.29, 0.717) is 0 Å². The van der Waals surface area contributed by atoms with Gasteiger partial charge in [0.05, 0.1) is 28.2 Å². The molecule has 0 unspecified atom stereocenters. The molecule has 4 heteroatoms. The number of hydrogen-bond acceptors (Lipinski definition) is 4. The molecule has 0 fully saturated rings. The summed E-state index contributed by atoms with van der Waals surface area (Å²) < 4.78 is 9.17. The second-order valence-corrected chi connectivity index (χ2v) is 12.9. The van der Waals surface area contributed by atoms with Crippen molar-refractivity contribution in [3.63, 3.8) is 0 Å². The lowest BCUT2D eigenvalue weighted by molar-refractivity contribution is 0.600. The molecule has 0 aromatic carbocycles. The highest BCUT2D eigenvalue weighted by Crippen LogP contribution is 2.54. The van der Waals surface area contributed by atoms with Gasteiger partial charge in [-0.05, 0) is 35.8 Å². The van der Waals surface area contributed by atoms with Crippen molar-refractivity contribution in [2.75, 3.05) is 0 Å². The maximum atomic E-state index is 2.33. The highest BCUT2D eigenvalue weighted by atomic mass is 32.1. The predicted octanol–water partition coefficient (Wildman–Crippen LogP) is 8.60. The third-order valence-electron chi connectivity index (χ3n) is 4.57. The van der Waals surface area contributed by atoms with Gasteiger partial charge in [0.2, 0.25) is 0 Å². The molecule has 128 valence electrons. The van der Waals surface area contributed by atoms with E-state index in [2.05, 4.69) is 55.4 Å². The highest BCUT2D eigenvalue weighted by Gasteiger charge is 2.27. The molecule has 0 N–H and O–H groups in total. The van der Waals surface area contributed by atoms with Gasteiger partial charge >= 0.3 is 0 Å². The first-order valence-electron chi connectivity index (χ1n) is 8.38. The first-order valence-corrected chi connectivity index (χ1v) is 11.6. The Morgan fingerprint density at radius 1 is 0.458 bits per heavy atom. The Bertz CT molecular complexity index is 992. The Balaban J connectivity index is 2.06. The van der Waals surface area contributed by atoms with Gasteiger partial charge in [0, 0.05) is 9.75 Å². The molecule has 24 heavy (non-hydrogen) atoms. The van der Waals surface area contributed by atoms with Crippen molar-refractivity contribution < 1.29 is 0 Å². The summed E-state index contributed by atoms with van der Waals surface area (Å²) in [6.07, 6.45) is 0. The van der Waals surface area contributed by atoms with Crippen LogP contribution in [0.5, 0.6) is 0 Å². The van der Waals surface area contributed by atoms with Crippen molar-refractivity contribution >= 4 is 73.5 Å². The van der Waals surface area contributed by atoms with Gasteiger partial charge < -0.3 is 0 Å². The van der Waals surface area contributed by atoms with Crippen molar-refractivity contribution in [2.45, 2.75) is 66.2 Å². The molecule has 0 aliphatic carbocycles. The lowest BCUT2D eigenvalue weighted by atomic mass is 9.92. The molecule has 0 amide bonds. The number of thiophene rings is 4. The Morgan fingerprint density at radius 2 is 0.750 bits per heavy atom. The van der Waals surface area contributed by atoms with Gasteiger partial charge in [-0.15, -0.1) is 45.3 Å². The van der Waals surface area contributed by atoms with Gasteiger partial charge in [-0.3, -0.25) is 0 Å². The van der Waals surface area contributed by atoms with Crippen LogP contribution in [0.4, 0.5) is 0 Å². The van der Waals surface area contributed by atoms with Gasteiger partial charge in [-0.1, -0.05) is 41.5 Å². The quantitative estimate of drug-likeness (QED) is 0.281. The van der Waals surface area contributed by atoms with E-state index < -0.39 is 0 Å². The summed E-state index contributed by atoms with van der Waals surface area (Å²) in [7, 11) is 0.